The molecule has 0 aliphatic carbocycles. The Morgan fingerprint density at radius 1 is 1.04 bits per heavy atom. The van der Waals surface area contributed by atoms with Gasteiger partial charge in [0, 0.05) is 0 Å². The van der Waals surface area contributed by atoms with Crippen molar-refractivity contribution in [2.45, 2.75) is 33.3 Å². The van der Waals surface area contributed by atoms with Gasteiger partial charge in [-0.2, -0.15) is 0 Å². The summed E-state index contributed by atoms with van der Waals surface area (Å²) in [5, 5.41) is 0. The molecule has 6 heteroatoms. The van der Waals surface area contributed by atoms with Gasteiger partial charge in [-0.25, -0.2) is 0 Å². The van der Waals surface area contributed by atoms with Crippen LogP contribution in [0.4, 0.5) is 0 Å². The standard InChI is InChI=1S/C20H24N2O4/c1-4-17(26-18-11-6-5-9-15(18)3)20(24)22-21-19(23)13-25-16-10-7-8-14(2)12-16/h5-12,17H,4,13H2,1-3H3,(H,21,23)(H,22,24). The minimum absolute atomic E-state index is 0.195. The molecule has 2 aromatic carbocycles. The minimum Gasteiger partial charge on any atom is -0.484 e. The second kappa shape index (κ2) is 9.46. The van der Waals surface area contributed by atoms with Gasteiger partial charge < -0.3 is 9.47 Å². The van der Waals surface area contributed by atoms with Crippen LogP contribution in [0.1, 0.15) is 24.5 Å². The number of ether oxygens (including phenoxy) is 2. The van der Waals surface area contributed by atoms with Crippen molar-refractivity contribution >= 4 is 11.8 Å². The molecule has 0 heterocycles. The van der Waals surface area contributed by atoms with Gasteiger partial charge in [0.2, 0.25) is 0 Å². The van der Waals surface area contributed by atoms with Crippen molar-refractivity contribution in [2.75, 3.05) is 6.61 Å². The molecule has 26 heavy (non-hydrogen) atoms. The average Bonchev–Trinajstić information content (AvgIpc) is 2.64. The van der Waals surface area contributed by atoms with Crippen molar-refractivity contribution < 1.29 is 19.1 Å². The summed E-state index contributed by atoms with van der Waals surface area (Å²) in [5.74, 6) is 0.370. The first-order valence-corrected chi connectivity index (χ1v) is 8.50. The van der Waals surface area contributed by atoms with Crippen molar-refractivity contribution in [3.63, 3.8) is 0 Å². The highest BCUT2D eigenvalue weighted by atomic mass is 16.5. The molecule has 0 fully saturated rings. The zero-order valence-electron chi connectivity index (χ0n) is 15.2. The lowest BCUT2D eigenvalue weighted by molar-refractivity contribution is -0.134. The van der Waals surface area contributed by atoms with Gasteiger partial charge in [0.05, 0.1) is 0 Å². The summed E-state index contributed by atoms with van der Waals surface area (Å²) >= 11 is 0. The first-order chi connectivity index (χ1) is 12.5. The Kier molecular flexibility index (Phi) is 7.02. The third-order valence-corrected chi connectivity index (χ3v) is 3.71. The lowest BCUT2D eigenvalue weighted by atomic mass is 10.2. The zero-order valence-corrected chi connectivity index (χ0v) is 15.2. The molecule has 0 saturated carbocycles. The number of hydrazine groups is 1. The van der Waals surface area contributed by atoms with Crippen LogP contribution in [0.15, 0.2) is 48.5 Å². The predicted molar refractivity (Wildman–Crippen MR) is 98.8 cm³/mol. The molecule has 1 unspecified atom stereocenters. The van der Waals surface area contributed by atoms with E-state index in [4.69, 9.17) is 9.47 Å². The van der Waals surface area contributed by atoms with Crippen LogP contribution in [-0.2, 0) is 9.59 Å². The van der Waals surface area contributed by atoms with Gasteiger partial charge in [-0.3, -0.25) is 20.4 Å². The Morgan fingerprint density at radius 2 is 1.81 bits per heavy atom. The van der Waals surface area contributed by atoms with E-state index in [0.717, 1.165) is 11.1 Å². The first-order valence-electron chi connectivity index (χ1n) is 8.50. The van der Waals surface area contributed by atoms with Gasteiger partial charge in [-0.15, -0.1) is 0 Å². The number of carbonyl (C=O) groups excluding carboxylic acids is 2. The monoisotopic (exact) mass is 356 g/mol. The normalized spacial score (nSPS) is 11.3. The second-order valence-corrected chi connectivity index (χ2v) is 5.92. The van der Waals surface area contributed by atoms with Crippen molar-refractivity contribution in [2.24, 2.45) is 0 Å². The van der Waals surface area contributed by atoms with Gasteiger partial charge in [0.25, 0.3) is 11.8 Å². The predicted octanol–water partition coefficient (Wildman–Crippen LogP) is 2.69. The largest absolute Gasteiger partial charge is 0.484 e. The molecule has 0 bridgehead atoms. The summed E-state index contributed by atoms with van der Waals surface area (Å²) in [6.07, 6.45) is -0.232. The highest BCUT2D eigenvalue weighted by molar-refractivity contribution is 5.85. The SMILES string of the molecule is CCC(Oc1ccccc1C)C(=O)NNC(=O)COc1cccc(C)c1. The summed E-state index contributed by atoms with van der Waals surface area (Å²) in [6, 6.07) is 14.8. The van der Waals surface area contributed by atoms with Crippen LogP contribution in [0.25, 0.3) is 0 Å². The Labute approximate surface area is 153 Å². The topological polar surface area (TPSA) is 76.7 Å². The zero-order chi connectivity index (χ0) is 18.9. The van der Waals surface area contributed by atoms with Gasteiger partial charge in [-0.1, -0.05) is 37.3 Å². The Morgan fingerprint density at radius 3 is 2.50 bits per heavy atom. The molecule has 0 spiro atoms. The third-order valence-electron chi connectivity index (χ3n) is 3.71. The fourth-order valence-electron chi connectivity index (χ4n) is 2.27. The van der Waals surface area contributed by atoms with E-state index >= 15 is 0 Å². The van der Waals surface area contributed by atoms with E-state index in [9.17, 15) is 9.59 Å². The Bertz CT molecular complexity index is 761. The molecule has 0 aliphatic rings. The fraction of sp³-hybridized carbons (Fsp3) is 0.300. The van der Waals surface area contributed by atoms with E-state index in [1.807, 2.05) is 57.2 Å². The maximum Gasteiger partial charge on any atom is 0.279 e. The second-order valence-electron chi connectivity index (χ2n) is 5.92. The average molecular weight is 356 g/mol. The van der Waals surface area contributed by atoms with Crippen molar-refractivity contribution in [3.8, 4) is 11.5 Å². The molecule has 0 aliphatic heterocycles. The molecule has 1 atom stereocenters. The van der Waals surface area contributed by atoms with E-state index in [0.29, 0.717) is 17.9 Å². The van der Waals surface area contributed by atoms with E-state index in [1.54, 1.807) is 12.1 Å². The highest BCUT2D eigenvalue weighted by Crippen LogP contribution is 2.18. The van der Waals surface area contributed by atoms with Crippen molar-refractivity contribution in [3.05, 3.63) is 59.7 Å². The molecule has 0 saturated heterocycles. The van der Waals surface area contributed by atoms with E-state index < -0.39 is 17.9 Å². The van der Waals surface area contributed by atoms with E-state index in [1.165, 1.54) is 0 Å². The summed E-state index contributed by atoms with van der Waals surface area (Å²) in [4.78, 5) is 24.1. The molecular weight excluding hydrogens is 332 g/mol. The first kappa shape index (κ1) is 19.3. The number of nitrogens with one attached hydrogen (secondary N) is 2. The Hall–Kier alpha value is -3.02. The summed E-state index contributed by atoms with van der Waals surface area (Å²) in [5.41, 5.74) is 6.69. The highest BCUT2D eigenvalue weighted by Gasteiger charge is 2.19. The number of para-hydroxylation sites is 1. The molecule has 0 aromatic heterocycles. The number of aryl methyl sites for hydroxylation is 2. The van der Waals surface area contributed by atoms with E-state index in [-0.39, 0.29) is 6.61 Å². The van der Waals surface area contributed by atoms with Gasteiger partial charge in [0.15, 0.2) is 12.7 Å². The number of benzene rings is 2. The number of amides is 2. The quantitative estimate of drug-likeness (QED) is 0.748. The smallest absolute Gasteiger partial charge is 0.279 e. The summed E-state index contributed by atoms with van der Waals surface area (Å²) in [6.45, 7) is 5.49. The number of hydrogen-bond acceptors (Lipinski definition) is 4. The van der Waals surface area contributed by atoms with Gasteiger partial charge in [0.1, 0.15) is 11.5 Å². The summed E-state index contributed by atoms with van der Waals surface area (Å²) in [7, 11) is 0. The maximum atomic E-state index is 12.2. The number of hydrogen-bond donors (Lipinski definition) is 2. The van der Waals surface area contributed by atoms with Gasteiger partial charge in [-0.05, 0) is 49.6 Å². The van der Waals surface area contributed by atoms with Crippen LogP contribution in [0.2, 0.25) is 0 Å². The maximum absolute atomic E-state index is 12.2. The van der Waals surface area contributed by atoms with Crippen LogP contribution in [0, 0.1) is 13.8 Å². The lowest BCUT2D eigenvalue weighted by Crippen LogP contribution is -2.49. The van der Waals surface area contributed by atoms with Crippen LogP contribution in [0.3, 0.4) is 0 Å². The van der Waals surface area contributed by atoms with E-state index in [2.05, 4.69) is 10.9 Å². The molecule has 6 nitrogen and oxygen atoms in total. The minimum atomic E-state index is -0.700. The molecule has 0 radical (unpaired) electrons. The number of rotatable bonds is 7. The molecular formula is C20H24N2O4. The van der Waals surface area contributed by atoms with Crippen molar-refractivity contribution in [1.82, 2.24) is 10.9 Å². The third kappa shape index (κ3) is 5.81. The van der Waals surface area contributed by atoms with Crippen LogP contribution < -0.4 is 20.3 Å². The fourth-order valence-corrected chi connectivity index (χ4v) is 2.27. The lowest BCUT2D eigenvalue weighted by Gasteiger charge is -2.18. The Balaban J connectivity index is 1.80. The van der Waals surface area contributed by atoms with Gasteiger partial charge >= 0.3 is 0 Å². The molecule has 138 valence electrons. The number of carbonyl (C=O) groups is 2. The molecule has 2 N–H and O–H groups in total. The van der Waals surface area contributed by atoms with Crippen LogP contribution in [0.5, 0.6) is 11.5 Å². The molecule has 2 aromatic rings. The molecule has 2 amide bonds. The molecule has 2 rings (SSSR count). The van der Waals surface area contributed by atoms with Crippen molar-refractivity contribution in [1.29, 1.82) is 0 Å². The summed E-state index contributed by atoms with van der Waals surface area (Å²) < 4.78 is 11.1. The van der Waals surface area contributed by atoms with Crippen LogP contribution >= 0.6 is 0 Å². The van der Waals surface area contributed by atoms with Crippen LogP contribution in [-0.4, -0.2) is 24.5 Å².